The summed E-state index contributed by atoms with van der Waals surface area (Å²) >= 11 is 13.9. The third-order valence-corrected chi connectivity index (χ3v) is 18.5. The Morgan fingerprint density at radius 2 is 1.09 bits per heavy atom. The van der Waals surface area contributed by atoms with Gasteiger partial charge >= 0.3 is 0 Å². The number of fused-ring (bicyclic) bond motifs is 4. The summed E-state index contributed by atoms with van der Waals surface area (Å²) in [6.07, 6.45) is -2.42. The summed E-state index contributed by atoms with van der Waals surface area (Å²) in [5.41, 5.74) is 9.78. The lowest BCUT2D eigenvalue weighted by Gasteiger charge is -2.49. The molecule has 0 bridgehead atoms. The first-order chi connectivity index (χ1) is 21.5. The standard InChI is InChI=1S/C39H40N2P2S2/c1-7-40(8-2)43(45)35-24-30(28-17-13-10-14-18-28)20-22-33(35)41-32-21-19-29(27-15-11-9-12-16-27)23-34(32)42(6,44)36-25-31(39(3,4)5)26-37(43)38(36)41/h9-26H,7-8H2,1-6H3. The molecule has 0 aromatic heterocycles. The molecule has 2 atom stereocenters. The molecular formula is C39H40N2P2S2. The van der Waals surface area contributed by atoms with Crippen molar-refractivity contribution in [1.29, 1.82) is 0 Å². The second-order valence-electron chi connectivity index (χ2n) is 13.2. The van der Waals surface area contributed by atoms with Crippen LogP contribution in [0.5, 0.6) is 0 Å². The molecule has 2 heterocycles. The van der Waals surface area contributed by atoms with Crippen LogP contribution in [-0.4, -0.2) is 24.4 Å². The molecule has 2 aliphatic heterocycles. The number of hydrogen-bond donors (Lipinski definition) is 0. The van der Waals surface area contributed by atoms with Crippen molar-refractivity contribution in [1.82, 2.24) is 4.67 Å². The molecule has 0 saturated heterocycles. The quantitative estimate of drug-likeness (QED) is 0.173. The Labute approximate surface area is 279 Å². The third kappa shape index (κ3) is 4.76. The van der Waals surface area contributed by atoms with Gasteiger partial charge in [0.15, 0.2) is 0 Å². The second kappa shape index (κ2) is 11.2. The Morgan fingerprint density at radius 3 is 1.60 bits per heavy atom. The lowest BCUT2D eigenvalue weighted by Crippen LogP contribution is -2.46. The predicted octanol–water partition coefficient (Wildman–Crippen LogP) is 9.16. The van der Waals surface area contributed by atoms with Crippen LogP contribution < -0.4 is 26.1 Å². The minimum absolute atomic E-state index is 0.0482. The van der Waals surface area contributed by atoms with Gasteiger partial charge in [-0.3, -0.25) is 4.67 Å². The Morgan fingerprint density at radius 1 is 0.600 bits per heavy atom. The minimum Gasteiger partial charge on any atom is -0.308 e. The first-order valence-corrected chi connectivity index (χ1v) is 21.8. The number of benzene rings is 5. The highest BCUT2D eigenvalue weighted by Gasteiger charge is 2.46. The van der Waals surface area contributed by atoms with Gasteiger partial charge in [-0.25, -0.2) is 0 Å². The molecule has 5 aromatic rings. The maximum absolute atomic E-state index is 7.11. The van der Waals surface area contributed by atoms with E-state index in [1.54, 1.807) is 0 Å². The van der Waals surface area contributed by atoms with E-state index in [4.69, 9.17) is 23.6 Å². The van der Waals surface area contributed by atoms with Crippen molar-refractivity contribution < 1.29 is 0 Å². The fourth-order valence-electron chi connectivity index (χ4n) is 7.01. The average molecular weight is 663 g/mol. The third-order valence-electron chi connectivity index (χ3n) is 9.51. The summed E-state index contributed by atoms with van der Waals surface area (Å²) in [4.78, 5) is 2.52. The monoisotopic (exact) mass is 662 g/mol. The molecule has 228 valence electrons. The van der Waals surface area contributed by atoms with Gasteiger partial charge in [-0.05, 0) is 76.3 Å². The van der Waals surface area contributed by atoms with Gasteiger partial charge in [0.2, 0.25) is 0 Å². The molecule has 0 aliphatic carbocycles. The summed E-state index contributed by atoms with van der Waals surface area (Å²) in [5, 5.41) is 5.16. The van der Waals surface area contributed by atoms with E-state index in [1.807, 2.05) is 0 Å². The normalized spacial score (nSPS) is 20.0. The zero-order valence-electron chi connectivity index (χ0n) is 26.9. The summed E-state index contributed by atoms with van der Waals surface area (Å²) in [6, 6.07) is 38.1. The van der Waals surface area contributed by atoms with Crippen LogP contribution in [0.3, 0.4) is 0 Å². The van der Waals surface area contributed by atoms with Crippen molar-refractivity contribution in [2.75, 3.05) is 24.7 Å². The van der Waals surface area contributed by atoms with Crippen LogP contribution in [0.25, 0.3) is 22.3 Å². The summed E-state index contributed by atoms with van der Waals surface area (Å²) in [7, 11) is 0. The molecular weight excluding hydrogens is 623 g/mol. The first-order valence-electron chi connectivity index (χ1n) is 15.8. The second-order valence-corrected chi connectivity index (χ2v) is 22.5. The van der Waals surface area contributed by atoms with Crippen molar-refractivity contribution in [3.05, 3.63) is 115 Å². The Hall–Kier alpha value is -2.84. The number of hydrogen-bond acceptors (Lipinski definition) is 3. The summed E-state index contributed by atoms with van der Waals surface area (Å²) < 4.78 is 2.57. The van der Waals surface area contributed by atoms with Crippen molar-refractivity contribution in [2.24, 2.45) is 0 Å². The van der Waals surface area contributed by atoms with Gasteiger partial charge in [0, 0.05) is 40.3 Å². The molecule has 2 nitrogen and oxygen atoms in total. The SMILES string of the molecule is CCN(CC)P1(=S)c2cc(-c3ccccc3)ccc2N2c3ccc(-c4ccccc4)cc3P(C)(=S)c3cc(C(C)(C)C)cc1c32. The maximum Gasteiger partial charge on any atom is 0.0751 e. The highest BCUT2D eigenvalue weighted by atomic mass is 32.4. The topological polar surface area (TPSA) is 6.48 Å². The lowest BCUT2D eigenvalue weighted by atomic mass is 9.87. The van der Waals surface area contributed by atoms with Crippen molar-refractivity contribution in [3.8, 4) is 22.3 Å². The molecule has 6 heteroatoms. The molecule has 2 aliphatic rings. The van der Waals surface area contributed by atoms with E-state index in [0.717, 1.165) is 13.1 Å². The molecule has 0 fully saturated rings. The van der Waals surface area contributed by atoms with Gasteiger partial charge in [-0.2, -0.15) is 0 Å². The first kappa shape index (κ1) is 30.8. The number of rotatable bonds is 5. The van der Waals surface area contributed by atoms with Gasteiger partial charge < -0.3 is 4.90 Å². The van der Waals surface area contributed by atoms with Crippen molar-refractivity contribution in [3.63, 3.8) is 0 Å². The van der Waals surface area contributed by atoms with Gasteiger partial charge in [0.05, 0.1) is 23.3 Å². The van der Waals surface area contributed by atoms with E-state index in [1.165, 1.54) is 66.1 Å². The molecule has 0 radical (unpaired) electrons. The molecule has 0 spiro atoms. The molecule has 5 aromatic carbocycles. The van der Waals surface area contributed by atoms with Crippen LogP contribution in [0, 0.1) is 0 Å². The van der Waals surface area contributed by atoms with Crippen LogP contribution in [0.2, 0.25) is 0 Å². The number of nitrogens with zero attached hydrogens (tertiary/aromatic N) is 2. The fourth-order valence-corrected chi connectivity index (χ4v) is 15.1. The summed E-state index contributed by atoms with van der Waals surface area (Å²) in [6.45, 7) is 15.6. The van der Waals surface area contributed by atoms with Crippen LogP contribution in [0.1, 0.15) is 40.2 Å². The highest BCUT2D eigenvalue weighted by molar-refractivity contribution is 8.22. The molecule has 2 unspecified atom stereocenters. The molecule has 45 heavy (non-hydrogen) atoms. The van der Waals surface area contributed by atoms with E-state index in [9.17, 15) is 0 Å². The molecule has 7 rings (SSSR count). The van der Waals surface area contributed by atoms with E-state index in [2.05, 4.69) is 160 Å². The summed E-state index contributed by atoms with van der Waals surface area (Å²) in [5.74, 6) is 0. The van der Waals surface area contributed by atoms with E-state index >= 15 is 0 Å². The minimum atomic E-state index is -2.42. The molecule has 0 N–H and O–H groups in total. The van der Waals surface area contributed by atoms with Crippen molar-refractivity contribution >= 4 is 74.1 Å². The Bertz CT molecular complexity index is 2040. The highest BCUT2D eigenvalue weighted by Crippen LogP contribution is 2.62. The average Bonchev–Trinajstić information content (AvgIpc) is 3.05. The zero-order valence-corrected chi connectivity index (χ0v) is 30.3. The van der Waals surface area contributed by atoms with Gasteiger partial charge in [0.1, 0.15) is 0 Å². The zero-order chi connectivity index (χ0) is 31.7. The predicted molar refractivity (Wildman–Crippen MR) is 207 cm³/mol. The van der Waals surface area contributed by atoms with E-state index < -0.39 is 12.2 Å². The van der Waals surface area contributed by atoms with Crippen molar-refractivity contribution in [2.45, 2.75) is 40.0 Å². The number of anilines is 3. The largest absolute Gasteiger partial charge is 0.308 e. The maximum atomic E-state index is 7.11. The van der Waals surface area contributed by atoms with Crippen LogP contribution >= 0.6 is 12.2 Å². The lowest BCUT2D eigenvalue weighted by molar-refractivity contribution is 0.513. The molecule has 0 saturated carbocycles. The van der Waals surface area contributed by atoms with Gasteiger partial charge in [-0.1, -0.05) is 131 Å². The fraction of sp³-hybridized carbons (Fsp3) is 0.231. The van der Waals surface area contributed by atoms with Crippen LogP contribution in [-0.2, 0) is 29.0 Å². The van der Waals surface area contributed by atoms with Gasteiger partial charge in [-0.15, -0.1) is 0 Å². The van der Waals surface area contributed by atoms with Crippen LogP contribution in [0.15, 0.2) is 109 Å². The van der Waals surface area contributed by atoms with E-state index in [0.29, 0.717) is 0 Å². The smallest absolute Gasteiger partial charge is 0.0751 e. The Balaban J connectivity index is 1.60. The molecule has 0 amide bonds. The van der Waals surface area contributed by atoms with E-state index in [-0.39, 0.29) is 5.41 Å². The van der Waals surface area contributed by atoms with Gasteiger partial charge in [0.25, 0.3) is 0 Å². The van der Waals surface area contributed by atoms with Crippen LogP contribution in [0.4, 0.5) is 17.1 Å². The Kier molecular flexibility index (Phi) is 7.63.